The summed E-state index contributed by atoms with van der Waals surface area (Å²) in [6.45, 7) is 0. The van der Waals surface area contributed by atoms with E-state index in [0.717, 1.165) is 37.9 Å². The molecule has 3 heteroatoms. The van der Waals surface area contributed by atoms with Crippen LogP contribution in [0.5, 0.6) is 0 Å². The number of hydrogen-bond acceptors (Lipinski definition) is 2. The van der Waals surface area contributed by atoms with Crippen LogP contribution in [0, 0.1) is 0 Å². The maximum atomic E-state index is 6.25. The van der Waals surface area contributed by atoms with Gasteiger partial charge in [-0.15, -0.1) is 0 Å². The van der Waals surface area contributed by atoms with E-state index in [9.17, 15) is 0 Å². The zero-order valence-electron chi connectivity index (χ0n) is 9.35. The first kappa shape index (κ1) is 9.92. The molecule has 0 aliphatic rings. The van der Waals surface area contributed by atoms with Crippen LogP contribution in [0.25, 0.3) is 32.8 Å². The number of halogens is 1. The fourth-order valence-electron chi connectivity index (χ4n) is 2.35. The van der Waals surface area contributed by atoms with Gasteiger partial charge in [-0.25, -0.2) is 0 Å². The zero-order valence-corrected chi connectivity index (χ0v) is 10.1. The molecule has 0 atom stereocenters. The Labute approximate surface area is 108 Å². The van der Waals surface area contributed by atoms with Crippen LogP contribution in [-0.2, 0) is 0 Å². The van der Waals surface area contributed by atoms with Gasteiger partial charge in [0.2, 0.25) is 0 Å². The second kappa shape index (κ2) is 3.47. The smallest absolute Gasteiger partial charge is 0.137 e. The van der Waals surface area contributed by atoms with Crippen LogP contribution in [-0.4, -0.2) is 4.98 Å². The van der Waals surface area contributed by atoms with Crippen molar-refractivity contribution in [2.75, 3.05) is 0 Å². The molecule has 0 spiro atoms. The van der Waals surface area contributed by atoms with Crippen LogP contribution < -0.4 is 0 Å². The van der Waals surface area contributed by atoms with Crippen molar-refractivity contribution < 1.29 is 4.42 Å². The third kappa shape index (κ3) is 1.27. The molecule has 0 aliphatic heterocycles. The van der Waals surface area contributed by atoms with E-state index in [2.05, 4.69) is 11.1 Å². The summed E-state index contributed by atoms with van der Waals surface area (Å²) >= 11 is 6.25. The van der Waals surface area contributed by atoms with E-state index < -0.39 is 0 Å². The van der Waals surface area contributed by atoms with E-state index in [-0.39, 0.29) is 0 Å². The minimum Gasteiger partial charge on any atom is -0.456 e. The second-order valence-electron chi connectivity index (χ2n) is 4.26. The van der Waals surface area contributed by atoms with Crippen molar-refractivity contribution >= 4 is 44.4 Å². The van der Waals surface area contributed by atoms with Crippen molar-refractivity contribution in [3.63, 3.8) is 0 Å². The van der Waals surface area contributed by atoms with Gasteiger partial charge >= 0.3 is 0 Å². The van der Waals surface area contributed by atoms with Crippen molar-refractivity contribution in [1.29, 1.82) is 0 Å². The molecule has 2 nitrogen and oxygen atoms in total. The number of fused-ring (bicyclic) bond motifs is 4. The molecule has 0 radical (unpaired) electrons. The maximum Gasteiger partial charge on any atom is 0.137 e. The van der Waals surface area contributed by atoms with Gasteiger partial charge in [-0.3, -0.25) is 4.98 Å². The molecule has 0 N–H and O–H groups in total. The molecule has 2 aromatic carbocycles. The molecular formula is C15H8ClNO. The summed E-state index contributed by atoms with van der Waals surface area (Å²) in [4.78, 5) is 4.33. The Morgan fingerprint density at radius 3 is 2.89 bits per heavy atom. The Balaban J connectivity index is 2.29. The van der Waals surface area contributed by atoms with Gasteiger partial charge in [0.05, 0.1) is 10.5 Å². The van der Waals surface area contributed by atoms with Gasteiger partial charge in [-0.05, 0) is 24.3 Å². The normalized spacial score (nSPS) is 11.6. The monoisotopic (exact) mass is 253 g/mol. The number of nitrogens with zero attached hydrogens (tertiary/aromatic N) is 1. The van der Waals surface area contributed by atoms with Gasteiger partial charge in [-0.2, -0.15) is 0 Å². The number of aromatic nitrogens is 1. The fraction of sp³-hybridized carbons (Fsp3) is 0. The summed E-state index contributed by atoms with van der Waals surface area (Å²) in [7, 11) is 0. The molecule has 4 aromatic rings. The highest BCUT2D eigenvalue weighted by molar-refractivity contribution is 6.37. The summed E-state index contributed by atoms with van der Waals surface area (Å²) in [5.41, 5.74) is 2.57. The summed E-state index contributed by atoms with van der Waals surface area (Å²) < 4.78 is 5.82. The van der Waals surface area contributed by atoms with Gasteiger partial charge in [0.25, 0.3) is 0 Å². The molecule has 86 valence electrons. The second-order valence-corrected chi connectivity index (χ2v) is 4.67. The molecule has 0 bridgehead atoms. The summed E-state index contributed by atoms with van der Waals surface area (Å²) in [5.74, 6) is 0. The Hall–Kier alpha value is -2.06. The van der Waals surface area contributed by atoms with Crippen molar-refractivity contribution in [2.24, 2.45) is 0 Å². The highest BCUT2D eigenvalue weighted by atomic mass is 35.5. The van der Waals surface area contributed by atoms with Gasteiger partial charge in [0, 0.05) is 28.4 Å². The fourth-order valence-corrected chi connectivity index (χ4v) is 2.62. The molecule has 4 rings (SSSR count). The SMILES string of the molecule is Clc1cccc2oc3cc4ncccc4cc3c12. The van der Waals surface area contributed by atoms with E-state index in [1.165, 1.54) is 0 Å². The number of rotatable bonds is 0. The Bertz CT molecular complexity index is 895. The molecule has 0 unspecified atom stereocenters. The highest BCUT2D eigenvalue weighted by Gasteiger charge is 2.10. The zero-order chi connectivity index (χ0) is 12.1. The Morgan fingerprint density at radius 1 is 1.00 bits per heavy atom. The lowest BCUT2D eigenvalue weighted by Gasteiger charge is -1.96. The number of hydrogen-bond donors (Lipinski definition) is 0. The van der Waals surface area contributed by atoms with Crippen LogP contribution in [0.3, 0.4) is 0 Å². The van der Waals surface area contributed by atoms with Crippen LogP contribution in [0.2, 0.25) is 5.02 Å². The number of pyridine rings is 1. The largest absolute Gasteiger partial charge is 0.456 e. The molecule has 2 heterocycles. The lowest BCUT2D eigenvalue weighted by atomic mass is 10.1. The Kier molecular flexibility index (Phi) is 1.91. The van der Waals surface area contributed by atoms with Crippen molar-refractivity contribution in [1.82, 2.24) is 4.98 Å². The summed E-state index contributed by atoms with van der Waals surface area (Å²) in [6, 6.07) is 13.7. The average Bonchev–Trinajstić information content (AvgIpc) is 2.74. The van der Waals surface area contributed by atoms with Crippen molar-refractivity contribution in [3.8, 4) is 0 Å². The van der Waals surface area contributed by atoms with E-state index in [1.807, 2.05) is 36.4 Å². The minimum absolute atomic E-state index is 0.717. The molecule has 0 fully saturated rings. The van der Waals surface area contributed by atoms with Crippen LogP contribution in [0.4, 0.5) is 0 Å². The van der Waals surface area contributed by atoms with E-state index >= 15 is 0 Å². The van der Waals surface area contributed by atoms with Gasteiger partial charge in [0.15, 0.2) is 0 Å². The predicted molar refractivity (Wildman–Crippen MR) is 74.0 cm³/mol. The summed E-state index contributed by atoms with van der Waals surface area (Å²) in [6.07, 6.45) is 1.78. The topological polar surface area (TPSA) is 26.0 Å². The molecule has 0 saturated carbocycles. The quantitative estimate of drug-likeness (QED) is 0.450. The average molecular weight is 254 g/mol. The molecule has 0 saturated heterocycles. The number of furan rings is 1. The lowest BCUT2D eigenvalue weighted by Crippen LogP contribution is -1.76. The molecule has 0 aliphatic carbocycles. The highest BCUT2D eigenvalue weighted by Crippen LogP contribution is 2.35. The maximum absolute atomic E-state index is 6.25. The minimum atomic E-state index is 0.717. The molecule has 0 amide bonds. The lowest BCUT2D eigenvalue weighted by molar-refractivity contribution is 0.669. The first-order valence-corrected chi connectivity index (χ1v) is 6.06. The van der Waals surface area contributed by atoms with Gasteiger partial charge in [0.1, 0.15) is 11.2 Å². The van der Waals surface area contributed by atoms with Crippen LogP contribution in [0.1, 0.15) is 0 Å². The predicted octanol–water partition coefficient (Wildman–Crippen LogP) is 4.79. The van der Waals surface area contributed by atoms with Gasteiger partial charge in [-0.1, -0.05) is 23.7 Å². The van der Waals surface area contributed by atoms with Crippen LogP contribution in [0.15, 0.2) is 53.1 Å². The van der Waals surface area contributed by atoms with Crippen molar-refractivity contribution in [2.45, 2.75) is 0 Å². The standard InChI is InChI=1S/C15H8ClNO/c16-11-4-1-5-13-15(11)10-7-9-3-2-6-17-12(9)8-14(10)18-13/h1-8H. The Morgan fingerprint density at radius 2 is 1.94 bits per heavy atom. The first-order valence-electron chi connectivity index (χ1n) is 5.68. The van der Waals surface area contributed by atoms with Crippen LogP contribution >= 0.6 is 11.6 Å². The van der Waals surface area contributed by atoms with E-state index in [4.69, 9.17) is 16.0 Å². The summed E-state index contributed by atoms with van der Waals surface area (Å²) in [5, 5.41) is 3.82. The van der Waals surface area contributed by atoms with E-state index in [1.54, 1.807) is 6.20 Å². The van der Waals surface area contributed by atoms with Gasteiger partial charge < -0.3 is 4.42 Å². The number of benzene rings is 2. The first-order chi connectivity index (χ1) is 8.83. The molecule has 2 aromatic heterocycles. The molecular weight excluding hydrogens is 246 g/mol. The molecule has 18 heavy (non-hydrogen) atoms. The van der Waals surface area contributed by atoms with Crippen molar-refractivity contribution in [3.05, 3.63) is 53.7 Å². The third-order valence-electron chi connectivity index (χ3n) is 3.17. The van der Waals surface area contributed by atoms with E-state index in [0.29, 0.717) is 0 Å². The third-order valence-corrected chi connectivity index (χ3v) is 3.48.